The molecule has 3 saturated heterocycles. The zero-order valence-electron chi connectivity index (χ0n) is 23.9. The number of nitrogens with zero attached hydrogens (tertiary/aromatic N) is 1. The molecular weight excluding hydrogens is 522 g/mol. The van der Waals surface area contributed by atoms with E-state index in [-0.39, 0.29) is 24.3 Å². The number of amides is 3. The molecule has 3 fully saturated rings. The molecule has 2 unspecified atom stereocenters. The second-order valence-corrected chi connectivity index (χ2v) is 11.4. The molecule has 220 valence electrons. The fourth-order valence-corrected chi connectivity index (χ4v) is 7.18. The van der Waals surface area contributed by atoms with E-state index in [9.17, 15) is 14.4 Å². The van der Waals surface area contributed by atoms with Gasteiger partial charge in [0.2, 0.25) is 17.7 Å². The van der Waals surface area contributed by atoms with Crippen LogP contribution in [0.25, 0.3) is 0 Å². The third-order valence-corrected chi connectivity index (χ3v) is 9.19. The zero-order valence-corrected chi connectivity index (χ0v) is 23.9. The molecule has 0 aromatic heterocycles. The summed E-state index contributed by atoms with van der Waals surface area (Å²) < 4.78 is 12.1. The molecule has 3 aliphatic rings. The van der Waals surface area contributed by atoms with Gasteiger partial charge in [0, 0.05) is 25.4 Å². The predicted octanol–water partition coefficient (Wildman–Crippen LogP) is 3.66. The van der Waals surface area contributed by atoms with Crippen molar-refractivity contribution in [2.75, 3.05) is 25.6 Å². The van der Waals surface area contributed by atoms with Crippen LogP contribution in [0.4, 0.5) is 5.69 Å². The van der Waals surface area contributed by atoms with E-state index in [1.807, 2.05) is 37.3 Å². The Kier molecular flexibility index (Phi) is 8.66. The van der Waals surface area contributed by atoms with E-state index in [2.05, 4.69) is 10.6 Å². The largest absolute Gasteiger partial charge is 0.497 e. The Morgan fingerprint density at radius 1 is 1.02 bits per heavy atom. The molecular formula is C32H41N3O6. The van der Waals surface area contributed by atoms with Gasteiger partial charge in [-0.05, 0) is 61.9 Å². The molecule has 41 heavy (non-hydrogen) atoms. The number of aliphatic hydroxyl groups excluding tert-OH is 1. The average molecular weight is 564 g/mol. The third-order valence-electron chi connectivity index (χ3n) is 9.19. The van der Waals surface area contributed by atoms with Crippen molar-refractivity contribution in [2.24, 2.45) is 11.8 Å². The van der Waals surface area contributed by atoms with Crippen LogP contribution in [0, 0.1) is 11.8 Å². The molecule has 3 amide bonds. The van der Waals surface area contributed by atoms with Crippen molar-refractivity contribution in [1.82, 2.24) is 10.2 Å². The minimum absolute atomic E-state index is 0.132. The van der Waals surface area contributed by atoms with Crippen LogP contribution in [0.2, 0.25) is 0 Å². The van der Waals surface area contributed by atoms with E-state index in [4.69, 9.17) is 14.6 Å². The van der Waals surface area contributed by atoms with Crippen LogP contribution >= 0.6 is 0 Å². The summed E-state index contributed by atoms with van der Waals surface area (Å²) in [5, 5.41) is 15.2. The van der Waals surface area contributed by atoms with Crippen LogP contribution in [-0.4, -0.2) is 65.2 Å². The van der Waals surface area contributed by atoms with E-state index in [1.54, 1.807) is 36.3 Å². The van der Waals surface area contributed by atoms with Crippen molar-refractivity contribution >= 4 is 23.4 Å². The number of carbonyl (C=O) groups is 3. The van der Waals surface area contributed by atoms with Gasteiger partial charge in [-0.2, -0.15) is 0 Å². The van der Waals surface area contributed by atoms with Gasteiger partial charge in [-0.1, -0.05) is 50.1 Å². The Morgan fingerprint density at radius 3 is 2.44 bits per heavy atom. The zero-order chi connectivity index (χ0) is 29.0. The smallest absolute Gasteiger partial charge is 0.250 e. The first kappa shape index (κ1) is 29.1. The molecule has 5 rings (SSSR count). The fraction of sp³-hybridized carbons (Fsp3) is 0.531. The number of aliphatic hydroxyl groups is 1. The maximum atomic E-state index is 14.2. The molecule has 9 heteroatoms. The lowest BCUT2D eigenvalue weighted by Crippen LogP contribution is -2.53. The van der Waals surface area contributed by atoms with Crippen molar-refractivity contribution in [3.8, 4) is 5.75 Å². The molecule has 0 radical (unpaired) electrons. The number of likely N-dealkylation sites (tertiary alicyclic amines) is 1. The Labute approximate surface area is 241 Å². The van der Waals surface area contributed by atoms with Gasteiger partial charge in [-0.25, -0.2) is 0 Å². The molecule has 3 N–H and O–H groups in total. The molecule has 9 nitrogen and oxygen atoms in total. The average Bonchev–Trinajstić information content (AvgIpc) is 3.60. The number of anilines is 1. The lowest BCUT2D eigenvalue weighted by Gasteiger charge is -2.34. The lowest BCUT2D eigenvalue weighted by molar-refractivity contribution is -0.146. The lowest BCUT2D eigenvalue weighted by atomic mass is 9.65. The Bertz CT molecular complexity index is 1240. The normalized spacial score (nSPS) is 28.0. The summed E-state index contributed by atoms with van der Waals surface area (Å²) in [6.45, 7) is 2.88. The van der Waals surface area contributed by atoms with Gasteiger partial charge in [0.05, 0.1) is 24.5 Å². The number of fused-ring (bicyclic) bond motifs is 1. The molecule has 0 aliphatic carbocycles. The van der Waals surface area contributed by atoms with Gasteiger partial charge < -0.3 is 30.1 Å². The second kappa shape index (κ2) is 12.2. The van der Waals surface area contributed by atoms with Crippen molar-refractivity contribution in [3.63, 3.8) is 0 Å². The van der Waals surface area contributed by atoms with Crippen molar-refractivity contribution < 1.29 is 29.0 Å². The van der Waals surface area contributed by atoms with E-state index in [0.29, 0.717) is 56.6 Å². The number of hydrogen-bond donors (Lipinski definition) is 3. The Hall–Kier alpha value is -3.43. The summed E-state index contributed by atoms with van der Waals surface area (Å²) in [7, 11) is 1.58. The molecule has 3 heterocycles. The number of carbonyl (C=O) groups excluding carboxylic acids is 3. The number of ether oxygens (including phenoxy) is 2. The number of unbranched alkanes of at least 4 members (excludes halogenated alkanes) is 3. The summed E-state index contributed by atoms with van der Waals surface area (Å²) in [4.78, 5) is 43.7. The summed E-state index contributed by atoms with van der Waals surface area (Å²) in [5.74, 6) is -1.41. The monoisotopic (exact) mass is 563 g/mol. The summed E-state index contributed by atoms with van der Waals surface area (Å²) in [5.41, 5.74) is -0.277. The highest BCUT2D eigenvalue weighted by molar-refractivity contribution is 6.03. The van der Waals surface area contributed by atoms with Gasteiger partial charge in [-0.3, -0.25) is 14.4 Å². The molecule has 2 aromatic rings. The molecule has 0 saturated carbocycles. The molecule has 2 bridgehead atoms. The molecule has 1 spiro atoms. The van der Waals surface area contributed by atoms with Crippen LogP contribution in [0.5, 0.6) is 5.75 Å². The maximum Gasteiger partial charge on any atom is 0.250 e. The SMILES string of the molecule is CC[C@@]12CCC3(O1)C(C(=O)Nc1ccc(OC)cc1)N(CCCCCCO)C(=O)[C@@H]3[C@@H]2C(=O)NCc1ccccc1. The van der Waals surface area contributed by atoms with Gasteiger partial charge in [-0.15, -0.1) is 0 Å². The highest BCUT2D eigenvalue weighted by atomic mass is 16.5. The first-order valence-electron chi connectivity index (χ1n) is 14.8. The topological polar surface area (TPSA) is 117 Å². The van der Waals surface area contributed by atoms with E-state index in [1.165, 1.54) is 0 Å². The summed E-state index contributed by atoms with van der Waals surface area (Å²) >= 11 is 0. The van der Waals surface area contributed by atoms with Gasteiger partial charge in [0.25, 0.3) is 0 Å². The van der Waals surface area contributed by atoms with Gasteiger partial charge in [0.1, 0.15) is 17.4 Å². The Balaban J connectivity index is 1.43. The quantitative estimate of drug-likeness (QED) is 0.320. The third kappa shape index (κ3) is 5.33. The minimum Gasteiger partial charge on any atom is -0.497 e. The minimum atomic E-state index is -1.07. The molecule has 5 atom stereocenters. The van der Waals surface area contributed by atoms with Crippen LogP contribution in [0.3, 0.4) is 0 Å². The first-order chi connectivity index (χ1) is 19.9. The highest BCUT2D eigenvalue weighted by Gasteiger charge is 2.78. The van der Waals surface area contributed by atoms with Gasteiger partial charge in [0.15, 0.2) is 0 Å². The van der Waals surface area contributed by atoms with E-state index >= 15 is 0 Å². The van der Waals surface area contributed by atoms with Crippen LogP contribution < -0.4 is 15.4 Å². The number of nitrogens with one attached hydrogen (secondary N) is 2. The maximum absolute atomic E-state index is 14.2. The first-order valence-corrected chi connectivity index (χ1v) is 14.8. The summed E-state index contributed by atoms with van der Waals surface area (Å²) in [6.07, 6.45) is 4.81. The number of rotatable bonds is 13. The summed E-state index contributed by atoms with van der Waals surface area (Å²) in [6, 6.07) is 15.9. The second-order valence-electron chi connectivity index (χ2n) is 11.4. The molecule has 2 aromatic carbocycles. The fourth-order valence-electron chi connectivity index (χ4n) is 7.18. The van der Waals surface area contributed by atoms with Crippen molar-refractivity contribution in [2.45, 2.75) is 75.7 Å². The van der Waals surface area contributed by atoms with Crippen molar-refractivity contribution in [3.05, 3.63) is 60.2 Å². The molecule has 3 aliphatic heterocycles. The van der Waals surface area contributed by atoms with Crippen LogP contribution in [0.15, 0.2) is 54.6 Å². The number of hydrogen-bond acceptors (Lipinski definition) is 6. The number of methoxy groups -OCH3 is 1. The van der Waals surface area contributed by atoms with E-state index in [0.717, 1.165) is 18.4 Å². The van der Waals surface area contributed by atoms with E-state index < -0.39 is 29.1 Å². The number of benzene rings is 2. The predicted molar refractivity (Wildman–Crippen MR) is 154 cm³/mol. The van der Waals surface area contributed by atoms with Crippen molar-refractivity contribution in [1.29, 1.82) is 0 Å². The van der Waals surface area contributed by atoms with Crippen LogP contribution in [-0.2, 0) is 25.7 Å². The Morgan fingerprint density at radius 2 is 1.76 bits per heavy atom. The van der Waals surface area contributed by atoms with Crippen LogP contribution in [0.1, 0.15) is 57.4 Å². The highest BCUT2D eigenvalue weighted by Crippen LogP contribution is 2.64. The van der Waals surface area contributed by atoms with Gasteiger partial charge >= 0.3 is 0 Å². The standard InChI is InChI=1S/C32H41N3O6/c1-3-31-17-18-32(41-31)26(25(31)28(37)33-21-22-11-7-6-8-12-22)30(39)35(19-9-4-5-10-20-36)27(32)29(38)34-23-13-15-24(40-2)16-14-23/h6-8,11-16,25-27,36H,3-5,9-10,17-21H2,1-2H3,(H,33,37)(H,34,38)/t25-,26+,27?,31+,32?/m1/s1.